The lowest BCUT2D eigenvalue weighted by Gasteiger charge is -2.18. The molecule has 0 fully saturated rings. The topological polar surface area (TPSA) is 67.2 Å². The second-order valence-electron chi connectivity index (χ2n) is 7.21. The van der Waals surface area contributed by atoms with Crippen molar-refractivity contribution in [1.82, 2.24) is 9.78 Å². The number of nitrogens with one attached hydrogen (secondary N) is 1. The van der Waals surface area contributed by atoms with Gasteiger partial charge in [0.25, 0.3) is 0 Å². The van der Waals surface area contributed by atoms with E-state index in [4.69, 9.17) is 0 Å². The van der Waals surface area contributed by atoms with Crippen LogP contribution in [0.3, 0.4) is 0 Å². The average Bonchev–Trinajstić information content (AvgIpc) is 2.96. The zero-order valence-electron chi connectivity index (χ0n) is 16.2. The van der Waals surface area contributed by atoms with Gasteiger partial charge in [0, 0.05) is 18.1 Å². The van der Waals surface area contributed by atoms with Crippen LogP contribution in [0, 0.1) is 11.8 Å². The smallest absolute Gasteiger partial charge is 0.222 e. The number of rotatable bonds is 4. The average molecular weight is 373 g/mol. The van der Waals surface area contributed by atoms with Gasteiger partial charge in [0.05, 0.1) is 17.7 Å². The van der Waals surface area contributed by atoms with Crippen molar-refractivity contribution in [3.05, 3.63) is 71.8 Å². The Morgan fingerprint density at radius 1 is 1.07 bits per heavy atom. The van der Waals surface area contributed by atoms with E-state index in [1.165, 1.54) is 6.92 Å². The van der Waals surface area contributed by atoms with Crippen LogP contribution in [-0.4, -0.2) is 26.4 Å². The largest absolute Gasteiger partial charge is 0.389 e. The van der Waals surface area contributed by atoms with Crippen molar-refractivity contribution in [2.24, 2.45) is 0 Å². The highest BCUT2D eigenvalue weighted by molar-refractivity contribution is 5.91. The maximum absolute atomic E-state index is 11.8. The summed E-state index contributed by atoms with van der Waals surface area (Å²) >= 11 is 0. The highest BCUT2D eigenvalue weighted by Crippen LogP contribution is 2.29. The molecule has 2 N–H and O–H groups in total. The van der Waals surface area contributed by atoms with Crippen molar-refractivity contribution in [3.63, 3.8) is 0 Å². The number of carbonyl (C=O) groups is 1. The summed E-state index contributed by atoms with van der Waals surface area (Å²) in [7, 11) is 0. The van der Waals surface area contributed by atoms with Gasteiger partial charge in [0.15, 0.2) is 0 Å². The Morgan fingerprint density at radius 3 is 2.25 bits per heavy atom. The van der Waals surface area contributed by atoms with Crippen molar-refractivity contribution < 1.29 is 9.90 Å². The Morgan fingerprint density at radius 2 is 1.68 bits per heavy atom. The maximum atomic E-state index is 11.8. The van der Waals surface area contributed by atoms with Gasteiger partial charge in [0.1, 0.15) is 11.5 Å². The molecule has 0 saturated heterocycles. The van der Waals surface area contributed by atoms with Crippen LogP contribution in [0.5, 0.6) is 0 Å². The molecule has 0 aliphatic rings. The van der Waals surface area contributed by atoms with Crippen molar-refractivity contribution in [1.29, 1.82) is 0 Å². The molecule has 1 aromatic heterocycles. The van der Waals surface area contributed by atoms with Crippen LogP contribution in [0.4, 0.5) is 5.82 Å². The molecule has 1 heterocycles. The zero-order chi connectivity index (χ0) is 20.1. The lowest BCUT2D eigenvalue weighted by Crippen LogP contribution is -2.28. The number of benzene rings is 2. The monoisotopic (exact) mass is 373 g/mol. The molecule has 2 aromatic carbocycles. The third-order valence-electron chi connectivity index (χ3n) is 3.94. The molecule has 5 nitrogen and oxygen atoms in total. The number of hydrogen-bond acceptors (Lipinski definition) is 3. The summed E-state index contributed by atoms with van der Waals surface area (Å²) in [5.41, 5.74) is 2.04. The lowest BCUT2D eigenvalue weighted by atomic mass is 10.1. The summed E-state index contributed by atoms with van der Waals surface area (Å²) in [5, 5.41) is 17.8. The van der Waals surface area contributed by atoms with Crippen molar-refractivity contribution in [3.8, 4) is 23.1 Å². The van der Waals surface area contributed by atoms with Gasteiger partial charge < -0.3 is 10.4 Å². The van der Waals surface area contributed by atoms with Crippen LogP contribution >= 0.6 is 0 Å². The SMILES string of the molecule is CC(=O)Nc1c(C#Cc2ccccc2)c(-c2ccccc2)nn1CC(C)(C)O. The number of aliphatic hydroxyl groups is 1. The molecule has 3 rings (SSSR count). The quantitative estimate of drug-likeness (QED) is 0.686. The minimum absolute atomic E-state index is 0.218. The molecular weight excluding hydrogens is 350 g/mol. The number of nitrogens with zero attached hydrogens (tertiary/aromatic N) is 2. The van der Waals surface area contributed by atoms with Crippen molar-refractivity contribution >= 4 is 11.7 Å². The first-order valence-corrected chi connectivity index (χ1v) is 9.07. The van der Waals surface area contributed by atoms with E-state index in [-0.39, 0.29) is 12.5 Å². The summed E-state index contributed by atoms with van der Waals surface area (Å²) in [5.74, 6) is 6.58. The van der Waals surface area contributed by atoms with Crippen LogP contribution in [0.1, 0.15) is 31.9 Å². The van der Waals surface area contributed by atoms with Crippen LogP contribution in [0.2, 0.25) is 0 Å². The maximum Gasteiger partial charge on any atom is 0.222 e. The third-order valence-corrected chi connectivity index (χ3v) is 3.94. The van der Waals surface area contributed by atoms with Crippen LogP contribution < -0.4 is 5.32 Å². The van der Waals surface area contributed by atoms with E-state index >= 15 is 0 Å². The highest BCUT2D eigenvalue weighted by atomic mass is 16.3. The fraction of sp³-hybridized carbons (Fsp3) is 0.217. The number of anilines is 1. The Balaban J connectivity index is 2.20. The summed E-state index contributed by atoms with van der Waals surface area (Å²) in [6, 6.07) is 19.3. The van der Waals surface area contributed by atoms with Gasteiger partial charge in [-0.2, -0.15) is 5.10 Å². The zero-order valence-corrected chi connectivity index (χ0v) is 16.2. The van der Waals surface area contributed by atoms with Gasteiger partial charge in [-0.25, -0.2) is 4.68 Å². The number of amides is 1. The molecule has 5 heteroatoms. The first-order chi connectivity index (χ1) is 13.3. The van der Waals surface area contributed by atoms with E-state index in [1.54, 1.807) is 18.5 Å². The molecule has 0 aliphatic carbocycles. The summed E-state index contributed by atoms with van der Waals surface area (Å²) in [6.45, 7) is 5.06. The van der Waals surface area contributed by atoms with E-state index in [9.17, 15) is 9.90 Å². The van der Waals surface area contributed by atoms with Crippen LogP contribution in [0.15, 0.2) is 60.7 Å². The van der Waals surface area contributed by atoms with Gasteiger partial charge in [-0.15, -0.1) is 0 Å². The van der Waals surface area contributed by atoms with E-state index in [1.807, 2.05) is 60.7 Å². The van der Waals surface area contributed by atoms with Crippen molar-refractivity contribution in [2.75, 3.05) is 5.32 Å². The first-order valence-electron chi connectivity index (χ1n) is 9.07. The molecule has 0 radical (unpaired) electrons. The lowest BCUT2D eigenvalue weighted by molar-refractivity contribution is -0.114. The third kappa shape index (κ3) is 4.87. The van der Waals surface area contributed by atoms with Gasteiger partial charge in [-0.05, 0) is 26.0 Å². The van der Waals surface area contributed by atoms with Gasteiger partial charge in [-0.1, -0.05) is 60.4 Å². The Kier molecular flexibility index (Phi) is 5.62. The predicted octanol–water partition coefficient (Wildman–Crippen LogP) is 3.68. The number of hydrogen-bond donors (Lipinski definition) is 2. The normalized spacial score (nSPS) is 10.9. The fourth-order valence-corrected chi connectivity index (χ4v) is 2.81. The molecular formula is C23H23N3O2. The second-order valence-corrected chi connectivity index (χ2v) is 7.21. The Labute approximate surface area is 165 Å². The van der Waals surface area contributed by atoms with Gasteiger partial charge >= 0.3 is 0 Å². The van der Waals surface area contributed by atoms with E-state index in [2.05, 4.69) is 22.3 Å². The van der Waals surface area contributed by atoms with Gasteiger partial charge in [0.2, 0.25) is 5.91 Å². The molecule has 0 unspecified atom stereocenters. The first kappa shape index (κ1) is 19.4. The molecule has 1 amide bonds. The molecule has 0 spiro atoms. The summed E-state index contributed by atoms with van der Waals surface area (Å²) in [4.78, 5) is 11.8. The predicted molar refractivity (Wildman–Crippen MR) is 111 cm³/mol. The Hall–Kier alpha value is -3.36. The molecule has 0 aliphatic heterocycles. The Bertz CT molecular complexity index is 1020. The van der Waals surface area contributed by atoms with E-state index < -0.39 is 5.60 Å². The van der Waals surface area contributed by atoms with E-state index in [0.717, 1.165) is 11.1 Å². The standard InChI is InChI=1S/C23H23N3O2/c1-17(27)24-22-20(15-14-18-10-6-4-7-11-18)21(19-12-8-5-9-13-19)25-26(22)16-23(2,3)28/h4-13,28H,16H2,1-3H3,(H,24,27). The number of aromatic nitrogens is 2. The molecule has 0 saturated carbocycles. The summed E-state index contributed by atoms with van der Waals surface area (Å²) < 4.78 is 1.61. The van der Waals surface area contributed by atoms with Crippen LogP contribution in [-0.2, 0) is 11.3 Å². The molecule has 142 valence electrons. The molecule has 28 heavy (non-hydrogen) atoms. The van der Waals surface area contributed by atoms with Crippen LogP contribution in [0.25, 0.3) is 11.3 Å². The minimum Gasteiger partial charge on any atom is -0.389 e. The number of carbonyl (C=O) groups excluding carboxylic acids is 1. The summed E-state index contributed by atoms with van der Waals surface area (Å²) in [6.07, 6.45) is 0. The molecule has 0 atom stereocenters. The minimum atomic E-state index is -1.00. The highest BCUT2D eigenvalue weighted by Gasteiger charge is 2.23. The fourth-order valence-electron chi connectivity index (χ4n) is 2.81. The van der Waals surface area contributed by atoms with Crippen molar-refractivity contribution in [2.45, 2.75) is 32.9 Å². The molecule has 0 bridgehead atoms. The molecule has 3 aromatic rings. The second kappa shape index (κ2) is 8.12. The van der Waals surface area contributed by atoms with Gasteiger partial charge in [-0.3, -0.25) is 4.79 Å². The van der Waals surface area contributed by atoms with E-state index in [0.29, 0.717) is 17.1 Å².